The Morgan fingerprint density at radius 3 is 2.86 bits per heavy atom. The molecule has 0 radical (unpaired) electrons. The van der Waals surface area contributed by atoms with Crippen molar-refractivity contribution in [3.8, 4) is 0 Å². The molecule has 6 heteroatoms. The van der Waals surface area contributed by atoms with Gasteiger partial charge in [0, 0.05) is 29.0 Å². The van der Waals surface area contributed by atoms with Gasteiger partial charge in [-0.2, -0.15) is 0 Å². The number of nitrogens with two attached hydrogens (primary N) is 1. The molecule has 0 aliphatic carbocycles. The smallest absolute Gasteiger partial charge is 0.336 e. The molecule has 0 spiro atoms. The van der Waals surface area contributed by atoms with Gasteiger partial charge in [0.1, 0.15) is 12.1 Å². The predicted octanol–water partition coefficient (Wildman–Crippen LogP) is 0.954. The van der Waals surface area contributed by atoms with Gasteiger partial charge >= 0.3 is 5.63 Å². The lowest BCUT2D eigenvalue weighted by Crippen LogP contribution is -2.84. The Kier molecular flexibility index (Phi) is 4.98. The van der Waals surface area contributed by atoms with Crippen molar-refractivity contribution in [2.45, 2.75) is 20.4 Å². The summed E-state index contributed by atoms with van der Waals surface area (Å²) in [6, 6.07) is 5.09. The fraction of sp³-hybridized carbons (Fsp3) is 0.333. The molecular formula is C15H18ClN2O3+. The van der Waals surface area contributed by atoms with E-state index in [0.717, 1.165) is 23.1 Å². The minimum Gasteiger partial charge on any atom is -0.423 e. The zero-order valence-electron chi connectivity index (χ0n) is 12.0. The van der Waals surface area contributed by atoms with E-state index in [0.29, 0.717) is 23.7 Å². The van der Waals surface area contributed by atoms with Crippen molar-refractivity contribution in [1.82, 2.24) is 5.32 Å². The largest absolute Gasteiger partial charge is 0.423 e. The quantitative estimate of drug-likeness (QED) is 0.638. The number of carbonyl (C=O) groups excluding carboxylic acids is 1. The van der Waals surface area contributed by atoms with Gasteiger partial charge in [-0.25, -0.2) is 4.79 Å². The number of rotatable bonds is 5. The third-order valence-electron chi connectivity index (χ3n) is 3.20. The fourth-order valence-corrected chi connectivity index (χ4v) is 2.29. The maximum absolute atomic E-state index is 11.6. The lowest BCUT2D eigenvalue weighted by Gasteiger charge is -2.07. The van der Waals surface area contributed by atoms with E-state index in [1.165, 1.54) is 13.0 Å². The number of quaternary nitrogens is 1. The van der Waals surface area contributed by atoms with Gasteiger partial charge in [0.15, 0.2) is 0 Å². The first-order valence-corrected chi connectivity index (χ1v) is 7.14. The Bertz CT molecular complexity index is 725. The highest BCUT2D eigenvalue weighted by molar-refractivity contribution is 6.32. The Balaban J connectivity index is 2.17. The van der Waals surface area contributed by atoms with Gasteiger partial charge in [-0.1, -0.05) is 11.6 Å². The minimum atomic E-state index is -0.366. The molecule has 21 heavy (non-hydrogen) atoms. The van der Waals surface area contributed by atoms with Crippen LogP contribution in [0.15, 0.2) is 27.4 Å². The van der Waals surface area contributed by atoms with Crippen LogP contribution < -0.4 is 16.3 Å². The third kappa shape index (κ3) is 4.06. The highest BCUT2D eigenvalue weighted by atomic mass is 35.5. The second-order valence-corrected chi connectivity index (χ2v) is 5.36. The standard InChI is InChI=1S/C15H17ClN2O3/c1-9-5-14-12(7-13(9)16)11(6-15(20)21-14)8-17-3-4-18-10(2)19/h5-7,17H,3-4,8H2,1-2H3,(H,18,19)/p+1. The zero-order chi connectivity index (χ0) is 15.4. The molecule has 0 fully saturated rings. The van der Waals surface area contributed by atoms with E-state index in [4.69, 9.17) is 16.0 Å². The van der Waals surface area contributed by atoms with Crippen LogP contribution in [0, 0.1) is 6.92 Å². The van der Waals surface area contributed by atoms with Gasteiger partial charge in [0.05, 0.1) is 13.1 Å². The number of amides is 1. The molecule has 0 bridgehead atoms. The normalized spacial score (nSPS) is 10.8. The average Bonchev–Trinajstić information content (AvgIpc) is 2.40. The van der Waals surface area contributed by atoms with Crippen LogP contribution in [0.4, 0.5) is 0 Å². The van der Waals surface area contributed by atoms with Crippen molar-refractivity contribution in [2.75, 3.05) is 13.1 Å². The molecule has 1 heterocycles. The molecule has 0 unspecified atom stereocenters. The first-order chi connectivity index (χ1) is 9.97. The molecular weight excluding hydrogens is 292 g/mol. The van der Waals surface area contributed by atoms with Gasteiger partial charge in [-0.05, 0) is 24.6 Å². The van der Waals surface area contributed by atoms with Crippen LogP contribution >= 0.6 is 11.6 Å². The van der Waals surface area contributed by atoms with Crippen LogP contribution in [-0.4, -0.2) is 19.0 Å². The number of fused-ring (bicyclic) bond motifs is 1. The van der Waals surface area contributed by atoms with Gasteiger partial charge in [0.25, 0.3) is 0 Å². The molecule has 2 rings (SSSR count). The van der Waals surface area contributed by atoms with Gasteiger partial charge < -0.3 is 15.1 Å². The summed E-state index contributed by atoms with van der Waals surface area (Å²) in [6.45, 7) is 5.31. The van der Waals surface area contributed by atoms with E-state index in [1.54, 1.807) is 6.07 Å². The summed E-state index contributed by atoms with van der Waals surface area (Å²) < 4.78 is 5.21. The van der Waals surface area contributed by atoms with Crippen molar-refractivity contribution in [3.63, 3.8) is 0 Å². The number of aryl methyl sites for hydroxylation is 1. The van der Waals surface area contributed by atoms with Gasteiger partial charge in [-0.3, -0.25) is 4.79 Å². The van der Waals surface area contributed by atoms with E-state index >= 15 is 0 Å². The summed E-state index contributed by atoms with van der Waals surface area (Å²) in [5, 5.41) is 6.25. The van der Waals surface area contributed by atoms with Crippen LogP contribution in [0.5, 0.6) is 0 Å². The number of hydrogen-bond acceptors (Lipinski definition) is 3. The maximum atomic E-state index is 11.6. The van der Waals surface area contributed by atoms with Crippen molar-refractivity contribution < 1.29 is 14.5 Å². The molecule has 5 nitrogen and oxygen atoms in total. The van der Waals surface area contributed by atoms with Crippen LogP contribution in [0.1, 0.15) is 18.1 Å². The first kappa shape index (κ1) is 15.5. The lowest BCUT2D eigenvalue weighted by molar-refractivity contribution is -0.668. The third-order valence-corrected chi connectivity index (χ3v) is 3.60. The summed E-state index contributed by atoms with van der Waals surface area (Å²) in [6.07, 6.45) is 0. The second kappa shape index (κ2) is 6.74. The molecule has 112 valence electrons. The summed E-state index contributed by atoms with van der Waals surface area (Å²) in [5.74, 6) is -0.0449. The van der Waals surface area contributed by atoms with Crippen LogP contribution in [0.3, 0.4) is 0 Å². The topological polar surface area (TPSA) is 75.9 Å². The van der Waals surface area contributed by atoms with Crippen molar-refractivity contribution >= 4 is 28.5 Å². The average molecular weight is 310 g/mol. The molecule has 0 saturated carbocycles. The zero-order valence-corrected chi connectivity index (χ0v) is 12.8. The van der Waals surface area contributed by atoms with Crippen molar-refractivity contribution in [2.24, 2.45) is 0 Å². The summed E-state index contributed by atoms with van der Waals surface area (Å²) in [7, 11) is 0. The number of halogens is 1. The molecule has 1 amide bonds. The number of carbonyl (C=O) groups is 1. The molecule has 2 aromatic rings. The second-order valence-electron chi connectivity index (χ2n) is 4.95. The van der Waals surface area contributed by atoms with Gasteiger partial charge in [-0.15, -0.1) is 0 Å². The Morgan fingerprint density at radius 1 is 1.38 bits per heavy atom. The van der Waals surface area contributed by atoms with Crippen LogP contribution in [0.2, 0.25) is 5.02 Å². The molecule has 0 atom stereocenters. The molecule has 0 saturated heterocycles. The number of benzene rings is 1. The van der Waals surface area contributed by atoms with E-state index in [1.807, 2.05) is 18.3 Å². The minimum absolute atomic E-state index is 0.0449. The number of hydrogen-bond donors (Lipinski definition) is 2. The molecule has 1 aromatic carbocycles. The molecule has 1 aromatic heterocycles. The first-order valence-electron chi connectivity index (χ1n) is 6.76. The van der Waals surface area contributed by atoms with E-state index in [9.17, 15) is 9.59 Å². The Hall–Kier alpha value is -1.85. The maximum Gasteiger partial charge on any atom is 0.336 e. The molecule has 0 aliphatic heterocycles. The summed E-state index contributed by atoms with van der Waals surface area (Å²) >= 11 is 6.14. The molecule has 0 aliphatic rings. The van der Waals surface area contributed by atoms with Crippen molar-refractivity contribution in [1.29, 1.82) is 0 Å². The highest BCUT2D eigenvalue weighted by Crippen LogP contribution is 2.24. The number of nitrogens with one attached hydrogen (secondary N) is 1. The fourth-order valence-electron chi connectivity index (χ4n) is 2.12. The Labute approximate surface area is 127 Å². The van der Waals surface area contributed by atoms with Gasteiger partial charge in [0.2, 0.25) is 5.91 Å². The van der Waals surface area contributed by atoms with E-state index < -0.39 is 0 Å². The SMILES string of the molecule is CC(=O)NCC[NH2+]Cc1cc(=O)oc2cc(C)c(Cl)cc12. The summed E-state index contributed by atoms with van der Waals surface area (Å²) in [5.41, 5.74) is 1.94. The predicted molar refractivity (Wildman–Crippen MR) is 81.4 cm³/mol. The Morgan fingerprint density at radius 2 is 2.14 bits per heavy atom. The monoisotopic (exact) mass is 309 g/mol. The van der Waals surface area contributed by atoms with Crippen molar-refractivity contribution in [3.05, 3.63) is 44.8 Å². The van der Waals surface area contributed by atoms with E-state index in [-0.39, 0.29) is 11.5 Å². The van der Waals surface area contributed by atoms with E-state index in [2.05, 4.69) is 5.32 Å². The summed E-state index contributed by atoms with van der Waals surface area (Å²) in [4.78, 5) is 22.4. The highest BCUT2D eigenvalue weighted by Gasteiger charge is 2.09. The lowest BCUT2D eigenvalue weighted by atomic mass is 10.1. The van der Waals surface area contributed by atoms with Crippen LogP contribution in [-0.2, 0) is 11.3 Å². The van der Waals surface area contributed by atoms with Crippen LogP contribution in [0.25, 0.3) is 11.0 Å². The molecule has 3 N–H and O–H groups in total.